The summed E-state index contributed by atoms with van der Waals surface area (Å²) in [6.45, 7) is 3.62. The van der Waals surface area contributed by atoms with E-state index in [0.717, 1.165) is 23.0 Å². The number of carbonyl (C=O) groups excluding carboxylic acids is 3. The van der Waals surface area contributed by atoms with Gasteiger partial charge in [-0.15, -0.1) is 0 Å². The number of allylic oxidation sites excluding steroid dienone is 1. The van der Waals surface area contributed by atoms with E-state index in [1.807, 2.05) is 43.3 Å². The first kappa shape index (κ1) is 21.6. The van der Waals surface area contributed by atoms with Gasteiger partial charge >= 0.3 is 11.9 Å². The van der Waals surface area contributed by atoms with Gasteiger partial charge in [0.2, 0.25) is 0 Å². The molecule has 0 fully saturated rings. The molecule has 9 heteroatoms. The Kier molecular flexibility index (Phi) is 6.31. The minimum Gasteiger partial charge on any atom is -0.465 e. The molecule has 158 valence electrons. The fourth-order valence-electron chi connectivity index (χ4n) is 3.24. The monoisotopic (exact) mass is 429 g/mol. The van der Waals surface area contributed by atoms with Gasteiger partial charge in [0.25, 0.3) is 5.91 Å². The minimum absolute atomic E-state index is 0.145. The molecule has 8 nitrogen and oxygen atoms in total. The standard InChI is InChI=1S/C21H23N3O5S/c1-6-29-20(27)17-12(2)22-21-24(16(25)11-15(30-21)19(26)28-5)18(17)13-7-9-14(10-8-13)23(3)4/h7-11,18H,6H2,1-5H3/t18-/m0/s1. The van der Waals surface area contributed by atoms with E-state index in [4.69, 9.17) is 9.47 Å². The maximum absolute atomic E-state index is 13.0. The van der Waals surface area contributed by atoms with Crippen LogP contribution >= 0.6 is 11.8 Å². The van der Waals surface area contributed by atoms with E-state index in [9.17, 15) is 14.4 Å². The number of rotatable bonds is 5. The fraction of sp³-hybridized carbons (Fsp3) is 0.333. The first-order valence-electron chi connectivity index (χ1n) is 9.33. The minimum atomic E-state index is -0.719. The molecule has 0 saturated carbocycles. The van der Waals surface area contributed by atoms with E-state index in [-0.39, 0.29) is 11.5 Å². The van der Waals surface area contributed by atoms with E-state index in [2.05, 4.69) is 4.99 Å². The number of esters is 2. The molecule has 1 atom stereocenters. The summed E-state index contributed by atoms with van der Waals surface area (Å²) in [6.07, 6.45) is 1.21. The highest BCUT2D eigenvalue weighted by molar-refractivity contribution is 8.18. The number of thioether (sulfide) groups is 1. The van der Waals surface area contributed by atoms with Crippen molar-refractivity contribution in [2.45, 2.75) is 19.9 Å². The van der Waals surface area contributed by atoms with Crippen molar-refractivity contribution >= 4 is 40.5 Å². The second-order valence-corrected chi connectivity index (χ2v) is 7.82. The Morgan fingerprint density at radius 2 is 1.87 bits per heavy atom. The van der Waals surface area contributed by atoms with Gasteiger partial charge in [0.15, 0.2) is 5.17 Å². The first-order valence-corrected chi connectivity index (χ1v) is 10.1. The fourth-order valence-corrected chi connectivity index (χ4v) is 4.24. The molecule has 0 aromatic heterocycles. The second-order valence-electron chi connectivity index (χ2n) is 6.81. The Morgan fingerprint density at radius 3 is 2.43 bits per heavy atom. The van der Waals surface area contributed by atoms with E-state index < -0.39 is 23.9 Å². The van der Waals surface area contributed by atoms with Gasteiger partial charge in [0.1, 0.15) is 4.91 Å². The first-order chi connectivity index (χ1) is 14.3. The lowest BCUT2D eigenvalue weighted by molar-refractivity contribution is -0.140. The number of carbonyl (C=O) groups is 3. The third-order valence-electron chi connectivity index (χ3n) is 4.69. The maximum atomic E-state index is 13.0. The van der Waals surface area contributed by atoms with Crippen LogP contribution in [0.5, 0.6) is 0 Å². The molecular formula is C21H23N3O5S. The van der Waals surface area contributed by atoms with Crippen molar-refractivity contribution in [2.24, 2.45) is 4.99 Å². The summed E-state index contributed by atoms with van der Waals surface area (Å²) in [5.74, 6) is -1.59. The number of fused-ring (bicyclic) bond motifs is 1. The highest BCUT2D eigenvalue weighted by Gasteiger charge is 2.42. The number of hydrogen-bond acceptors (Lipinski definition) is 8. The van der Waals surface area contributed by atoms with Crippen LogP contribution in [-0.2, 0) is 23.9 Å². The van der Waals surface area contributed by atoms with Gasteiger partial charge in [-0.05, 0) is 43.3 Å². The van der Waals surface area contributed by atoms with Crippen LogP contribution in [0.3, 0.4) is 0 Å². The van der Waals surface area contributed by atoms with Gasteiger partial charge in [0, 0.05) is 25.9 Å². The van der Waals surface area contributed by atoms with Crippen LogP contribution in [0, 0.1) is 0 Å². The predicted octanol–water partition coefficient (Wildman–Crippen LogP) is 2.63. The number of benzene rings is 1. The topological polar surface area (TPSA) is 88.5 Å². The lowest BCUT2D eigenvalue weighted by Crippen LogP contribution is -2.44. The summed E-state index contributed by atoms with van der Waals surface area (Å²) in [5.41, 5.74) is 2.45. The summed E-state index contributed by atoms with van der Waals surface area (Å²) in [5, 5.41) is 0.315. The Balaban J connectivity index is 2.13. The number of nitrogens with zero attached hydrogens (tertiary/aromatic N) is 3. The van der Waals surface area contributed by atoms with Gasteiger partial charge < -0.3 is 14.4 Å². The molecule has 2 heterocycles. The van der Waals surface area contributed by atoms with Crippen molar-refractivity contribution in [1.29, 1.82) is 0 Å². The third-order valence-corrected chi connectivity index (χ3v) is 5.67. The highest BCUT2D eigenvalue weighted by Crippen LogP contribution is 2.42. The predicted molar refractivity (Wildman–Crippen MR) is 115 cm³/mol. The van der Waals surface area contributed by atoms with Gasteiger partial charge in [0.05, 0.1) is 31.0 Å². The number of anilines is 1. The number of amidine groups is 1. The molecular weight excluding hydrogens is 406 g/mol. The molecule has 0 N–H and O–H groups in total. The largest absolute Gasteiger partial charge is 0.465 e. The summed E-state index contributed by atoms with van der Waals surface area (Å²) in [7, 11) is 5.11. The molecule has 0 radical (unpaired) electrons. The van der Waals surface area contributed by atoms with Crippen molar-refractivity contribution in [3.63, 3.8) is 0 Å². The van der Waals surface area contributed by atoms with Crippen LogP contribution in [-0.4, -0.2) is 55.7 Å². The molecule has 2 aliphatic rings. The zero-order chi connectivity index (χ0) is 22.0. The summed E-state index contributed by atoms with van der Waals surface area (Å²) in [4.78, 5) is 45.7. The van der Waals surface area contributed by atoms with Crippen molar-refractivity contribution in [3.05, 3.63) is 52.1 Å². The number of ether oxygens (including phenoxy) is 2. The van der Waals surface area contributed by atoms with Crippen LogP contribution in [0.2, 0.25) is 0 Å². The lowest BCUT2D eigenvalue weighted by atomic mass is 9.94. The average Bonchev–Trinajstić information content (AvgIpc) is 2.72. The molecule has 2 aliphatic heterocycles. The summed E-state index contributed by atoms with van der Waals surface area (Å²) < 4.78 is 9.99. The molecule has 0 aliphatic carbocycles. The number of methoxy groups -OCH3 is 1. The van der Waals surface area contributed by atoms with E-state index in [0.29, 0.717) is 16.4 Å². The Morgan fingerprint density at radius 1 is 1.20 bits per heavy atom. The molecule has 0 saturated heterocycles. The van der Waals surface area contributed by atoms with Crippen molar-refractivity contribution in [3.8, 4) is 0 Å². The van der Waals surface area contributed by atoms with Crippen molar-refractivity contribution in [1.82, 2.24) is 4.90 Å². The molecule has 3 rings (SSSR count). The Hall–Kier alpha value is -3.07. The van der Waals surface area contributed by atoms with Gasteiger partial charge in [-0.1, -0.05) is 12.1 Å². The van der Waals surface area contributed by atoms with Crippen LogP contribution < -0.4 is 4.90 Å². The SMILES string of the molecule is CCOC(=O)C1=C(C)N=C2SC(C(=O)OC)=CC(=O)N2[C@H]1c1ccc(N(C)C)cc1. The Labute approximate surface area is 179 Å². The maximum Gasteiger partial charge on any atom is 0.345 e. The number of aliphatic imine (C=N–C) groups is 1. The van der Waals surface area contributed by atoms with Crippen LogP contribution in [0.4, 0.5) is 5.69 Å². The molecule has 1 aromatic rings. The molecule has 0 unspecified atom stereocenters. The molecule has 1 aromatic carbocycles. The normalized spacial score (nSPS) is 18.4. The Bertz CT molecular complexity index is 979. The van der Waals surface area contributed by atoms with Crippen LogP contribution in [0.1, 0.15) is 25.5 Å². The lowest BCUT2D eigenvalue weighted by Gasteiger charge is -2.38. The van der Waals surface area contributed by atoms with Crippen molar-refractivity contribution in [2.75, 3.05) is 32.7 Å². The molecule has 0 bridgehead atoms. The summed E-state index contributed by atoms with van der Waals surface area (Å²) in [6, 6.07) is 6.84. The van der Waals surface area contributed by atoms with E-state index >= 15 is 0 Å². The van der Waals surface area contributed by atoms with E-state index in [1.165, 1.54) is 18.1 Å². The smallest absolute Gasteiger partial charge is 0.345 e. The van der Waals surface area contributed by atoms with Gasteiger partial charge in [-0.3, -0.25) is 9.69 Å². The third kappa shape index (κ3) is 3.97. The van der Waals surface area contributed by atoms with E-state index in [1.54, 1.807) is 13.8 Å². The second kappa shape index (κ2) is 8.74. The summed E-state index contributed by atoms with van der Waals surface area (Å²) >= 11 is 1.04. The van der Waals surface area contributed by atoms with Crippen LogP contribution in [0.25, 0.3) is 0 Å². The number of hydrogen-bond donors (Lipinski definition) is 0. The molecule has 30 heavy (non-hydrogen) atoms. The number of amides is 1. The quantitative estimate of drug-likeness (QED) is 0.665. The molecule has 0 spiro atoms. The zero-order valence-electron chi connectivity index (χ0n) is 17.5. The highest BCUT2D eigenvalue weighted by atomic mass is 32.2. The molecule has 1 amide bonds. The zero-order valence-corrected chi connectivity index (χ0v) is 18.3. The average molecular weight is 429 g/mol. The van der Waals surface area contributed by atoms with Crippen molar-refractivity contribution < 1.29 is 23.9 Å². The van der Waals surface area contributed by atoms with Crippen LogP contribution in [0.15, 0.2) is 51.5 Å². The van der Waals surface area contributed by atoms with Gasteiger partial charge in [-0.25, -0.2) is 14.6 Å². The van der Waals surface area contributed by atoms with Gasteiger partial charge in [-0.2, -0.15) is 0 Å².